The fourth-order valence-corrected chi connectivity index (χ4v) is 4.21. The standard InChI is InChI=1S/C21H27ClO3/c22-20-8-4-7-16(10-9-15-5-2-1-3-6-15)19(20)12-11-18-13-17(23)14-21(24)25-18/h4,7-8,11-12,15,17-18,23H,1-3,5-6,9-10,13-14H2/b12-11+/t17-,18-/m1/s1. The van der Waals surface area contributed by atoms with E-state index < -0.39 is 6.10 Å². The third-order valence-corrected chi connectivity index (χ3v) is 5.69. The Kier molecular flexibility index (Phi) is 6.55. The van der Waals surface area contributed by atoms with E-state index in [0.717, 1.165) is 22.9 Å². The molecule has 0 aromatic heterocycles. The molecule has 0 radical (unpaired) electrons. The highest BCUT2D eigenvalue weighted by Crippen LogP contribution is 2.30. The van der Waals surface area contributed by atoms with Crippen molar-refractivity contribution >= 4 is 23.6 Å². The molecule has 1 saturated carbocycles. The molecule has 1 saturated heterocycles. The molecule has 1 aromatic rings. The number of rotatable bonds is 5. The van der Waals surface area contributed by atoms with Crippen molar-refractivity contribution in [1.29, 1.82) is 0 Å². The Hall–Kier alpha value is -1.32. The normalized spacial score (nSPS) is 25.3. The summed E-state index contributed by atoms with van der Waals surface area (Å²) in [5.41, 5.74) is 2.26. The van der Waals surface area contributed by atoms with Gasteiger partial charge in [-0.25, -0.2) is 0 Å². The molecule has 1 aliphatic carbocycles. The maximum atomic E-state index is 11.5. The monoisotopic (exact) mass is 362 g/mol. The second-order valence-corrected chi connectivity index (χ2v) is 7.74. The highest BCUT2D eigenvalue weighted by molar-refractivity contribution is 6.32. The van der Waals surface area contributed by atoms with E-state index in [1.54, 1.807) is 0 Å². The third kappa shape index (κ3) is 5.32. The Bertz CT molecular complexity index is 620. The molecule has 0 bridgehead atoms. The van der Waals surface area contributed by atoms with Gasteiger partial charge in [-0.2, -0.15) is 0 Å². The van der Waals surface area contributed by atoms with Gasteiger partial charge in [0.1, 0.15) is 6.10 Å². The number of hydrogen-bond acceptors (Lipinski definition) is 3. The molecule has 1 aromatic carbocycles. The van der Waals surface area contributed by atoms with Gasteiger partial charge in [0.25, 0.3) is 0 Å². The van der Waals surface area contributed by atoms with Crippen LogP contribution in [-0.2, 0) is 16.0 Å². The van der Waals surface area contributed by atoms with E-state index in [4.69, 9.17) is 16.3 Å². The summed E-state index contributed by atoms with van der Waals surface area (Å²) in [6.45, 7) is 0. The molecular formula is C21H27ClO3. The predicted octanol–water partition coefficient (Wildman–Crippen LogP) is 4.93. The molecule has 1 heterocycles. The molecule has 0 unspecified atom stereocenters. The largest absolute Gasteiger partial charge is 0.458 e. The molecule has 2 fully saturated rings. The van der Waals surface area contributed by atoms with Crippen molar-refractivity contribution in [3.8, 4) is 0 Å². The van der Waals surface area contributed by atoms with Crippen molar-refractivity contribution in [1.82, 2.24) is 0 Å². The third-order valence-electron chi connectivity index (χ3n) is 5.36. The summed E-state index contributed by atoms with van der Waals surface area (Å²) < 4.78 is 5.28. The summed E-state index contributed by atoms with van der Waals surface area (Å²) in [6, 6.07) is 6.03. The van der Waals surface area contributed by atoms with Crippen molar-refractivity contribution < 1.29 is 14.6 Å². The Labute approximate surface area is 155 Å². The lowest BCUT2D eigenvalue weighted by atomic mass is 9.84. The zero-order valence-electron chi connectivity index (χ0n) is 14.6. The average molecular weight is 363 g/mol. The van der Waals surface area contributed by atoms with Crippen LogP contribution >= 0.6 is 11.6 Å². The van der Waals surface area contributed by atoms with Crippen LogP contribution in [0.25, 0.3) is 6.08 Å². The average Bonchev–Trinajstić information content (AvgIpc) is 2.59. The number of carbonyl (C=O) groups excluding carboxylic acids is 1. The number of hydrogen-bond donors (Lipinski definition) is 1. The topological polar surface area (TPSA) is 46.5 Å². The number of esters is 1. The van der Waals surface area contributed by atoms with Gasteiger partial charge in [-0.1, -0.05) is 61.9 Å². The van der Waals surface area contributed by atoms with Crippen LogP contribution in [0.3, 0.4) is 0 Å². The highest BCUT2D eigenvalue weighted by atomic mass is 35.5. The smallest absolute Gasteiger partial charge is 0.309 e. The molecule has 3 nitrogen and oxygen atoms in total. The van der Waals surface area contributed by atoms with E-state index in [2.05, 4.69) is 6.07 Å². The van der Waals surface area contributed by atoms with Crippen LogP contribution in [0.5, 0.6) is 0 Å². The van der Waals surface area contributed by atoms with E-state index in [-0.39, 0.29) is 18.5 Å². The first-order valence-corrected chi connectivity index (χ1v) is 9.83. The Morgan fingerprint density at radius 1 is 1.24 bits per heavy atom. The van der Waals surface area contributed by atoms with Crippen molar-refractivity contribution in [2.24, 2.45) is 5.92 Å². The van der Waals surface area contributed by atoms with Crippen LogP contribution in [-0.4, -0.2) is 23.3 Å². The molecule has 0 spiro atoms. The number of halogens is 1. The van der Waals surface area contributed by atoms with E-state index in [1.807, 2.05) is 24.3 Å². The summed E-state index contributed by atoms with van der Waals surface area (Å²) in [7, 11) is 0. The molecule has 1 N–H and O–H groups in total. The van der Waals surface area contributed by atoms with Crippen LogP contribution in [0, 0.1) is 5.92 Å². The van der Waals surface area contributed by atoms with Gasteiger partial charge in [0, 0.05) is 11.4 Å². The number of carbonyl (C=O) groups is 1. The first-order valence-electron chi connectivity index (χ1n) is 9.45. The molecule has 2 aliphatic rings. The van der Waals surface area contributed by atoms with Crippen LogP contribution < -0.4 is 0 Å². The first-order chi connectivity index (χ1) is 12.1. The fourth-order valence-electron chi connectivity index (χ4n) is 3.95. The van der Waals surface area contributed by atoms with Gasteiger partial charge < -0.3 is 9.84 Å². The summed E-state index contributed by atoms with van der Waals surface area (Å²) in [4.78, 5) is 11.5. The van der Waals surface area contributed by atoms with Gasteiger partial charge in [-0.05, 0) is 42.0 Å². The Morgan fingerprint density at radius 3 is 2.80 bits per heavy atom. The zero-order valence-corrected chi connectivity index (χ0v) is 15.4. The van der Waals surface area contributed by atoms with Crippen molar-refractivity contribution in [3.63, 3.8) is 0 Å². The second kappa shape index (κ2) is 8.86. The highest BCUT2D eigenvalue weighted by Gasteiger charge is 2.25. The van der Waals surface area contributed by atoms with Crippen molar-refractivity contribution in [2.75, 3.05) is 0 Å². The zero-order chi connectivity index (χ0) is 17.6. The molecule has 136 valence electrons. The number of cyclic esters (lactones) is 1. The Morgan fingerprint density at radius 2 is 2.04 bits per heavy atom. The maximum absolute atomic E-state index is 11.5. The minimum atomic E-state index is -0.618. The van der Waals surface area contributed by atoms with Crippen LogP contribution in [0.4, 0.5) is 0 Å². The molecule has 3 rings (SSSR count). The van der Waals surface area contributed by atoms with Gasteiger partial charge in [-0.3, -0.25) is 4.79 Å². The lowest BCUT2D eigenvalue weighted by Crippen LogP contribution is -2.31. The van der Waals surface area contributed by atoms with Crippen LogP contribution in [0.1, 0.15) is 62.5 Å². The number of ether oxygens (including phenoxy) is 1. The molecule has 4 heteroatoms. The quantitative estimate of drug-likeness (QED) is 0.755. The minimum absolute atomic E-state index is 0.0864. The SMILES string of the molecule is O=C1C[C@H](O)C[C@@H](/C=C/c2c(Cl)cccc2CCC2CCCCC2)O1. The minimum Gasteiger partial charge on any atom is -0.458 e. The van der Waals surface area contributed by atoms with Gasteiger partial charge in [-0.15, -0.1) is 0 Å². The summed E-state index contributed by atoms with van der Waals surface area (Å²) in [5.74, 6) is 0.490. The second-order valence-electron chi connectivity index (χ2n) is 7.34. The molecular weight excluding hydrogens is 336 g/mol. The number of benzene rings is 1. The Balaban J connectivity index is 1.67. The van der Waals surface area contributed by atoms with Gasteiger partial charge in [0.2, 0.25) is 0 Å². The lowest BCUT2D eigenvalue weighted by molar-refractivity contribution is -0.156. The van der Waals surface area contributed by atoms with Crippen molar-refractivity contribution in [2.45, 2.75) is 70.0 Å². The summed E-state index contributed by atoms with van der Waals surface area (Å²) in [5, 5.41) is 10.4. The maximum Gasteiger partial charge on any atom is 0.309 e. The van der Waals surface area contributed by atoms with Gasteiger partial charge >= 0.3 is 5.97 Å². The van der Waals surface area contributed by atoms with E-state index in [0.29, 0.717) is 6.42 Å². The van der Waals surface area contributed by atoms with Crippen LogP contribution in [0.15, 0.2) is 24.3 Å². The molecule has 0 amide bonds. The fraction of sp³-hybridized carbons (Fsp3) is 0.571. The number of aryl methyl sites for hydroxylation is 1. The summed E-state index contributed by atoms with van der Waals surface area (Å²) in [6.07, 6.45) is 12.4. The summed E-state index contributed by atoms with van der Waals surface area (Å²) >= 11 is 6.42. The lowest BCUT2D eigenvalue weighted by Gasteiger charge is -2.23. The molecule has 2 atom stereocenters. The van der Waals surface area contributed by atoms with E-state index in [1.165, 1.54) is 44.1 Å². The molecule has 25 heavy (non-hydrogen) atoms. The van der Waals surface area contributed by atoms with Gasteiger partial charge in [0.05, 0.1) is 12.5 Å². The van der Waals surface area contributed by atoms with E-state index in [9.17, 15) is 9.90 Å². The number of aliphatic hydroxyl groups is 1. The number of aliphatic hydroxyl groups excluding tert-OH is 1. The van der Waals surface area contributed by atoms with Crippen molar-refractivity contribution in [3.05, 3.63) is 40.4 Å². The van der Waals surface area contributed by atoms with Gasteiger partial charge in [0.15, 0.2) is 0 Å². The molecule has 1 aliphatic heterocycles. The van der Waals surface area contributed by atoms with Crippen LogP contribution in [0.2, 0.25) is 5.02 Å². The first kappa shape index (κ1) is 18.5. The predicted molar refractivity (Wildman–Crippen MR) is 101 cm³/mol. The van der Waals surface area contributed by atoms with E-state index >= 15 is 0 Å².